The van der Waals surface area contributed by atoms with Gasteiger partial charge in [0.2, 0.25) is 0 Å². The highest BCUT2D eigenvalue weighted by Crippen LogP contribution is 2.27. The van der Waals surface area contributed by atoms with Crippen LogP contribution in [0.25, 0.3) is 11.0 Å². The number of halogens is 1. The van der Waals surface area contributed by atoms with Crippen LogP contribution in [-0.2, 0) is 0 Å². The van der Waals surface area contributed by atoms with Gasteiger partial charge >= 0.3 is 5.69 Å². The van der Waals surface area contributed by atoms with Crippen molar-refractivity contribution < 1.29 is 0 Å². The second kappa shape index (κ2) is 3.83. The quantitative estimate of drug-likeness (QED) is 0.776. The van der Waals surface area contributed by atoms with Crippen molar-refractivity contribution in [2.24, 2.45) is 5.73 Å². The number of benzene rings is 1. The number of hydrogen-bond donors (Lipinski definition) is 3. The van der Waals surface area contributed by atoms with Crippen LogP contribution in [0.4, 0.5) is 0 Å². The van der Waals surface area contributed by atoms with E-state index in [1.54, 1.807) is 0 Å². The molecule has 1 heterocycles. The van der Waals surface area contributed by atoms with Crippen LogP contribution >= 0.6 is 15.9 Å². The summed E-state index contributed by atoms with van der Waals surface area (Å²) in [5.74, 6) is 0.266. The molecule has 2 rings (SSSR count). The fraction of sp³-hybridized carbons (Fsp3) is 0.300. The number of nitrogens with two attached hydrogens (primary N) is 1. The van der Waals surface area contributed by atoms with Gasteiger partial charge in [-0.15, -0.1) is 0 Å². The van der Waals surface area contributed by atoms with E-state index < -0.39 is 0 Å². The van der Waals surface area contributed by atoms with E-state index in [-0.39, 0.29) is 11.6 Å². The van der Waals surface area contributed by atoms with E-state index in [4.69, 9.17) is 5.73 Å². The normalized spacial score (nSPS) is 13.3. The largest absolute Gasteiger partial charge is 0.330 e. The highest BCUT2D eigenvalue weighted by molar-refractivity contribution is 9.10. The van der Waals surface area contributed by atoms with E-state index in [1.807, 2.05) is 12.1 Å². The number of aromatic amines is 2. The summed E-state index contributed by atoms with van der Waals surface area (Å²) in [5.41, 5.74) is 8.17. The summed E-state index contributed by atoms with van der Waals surface area (Å²) in [5, 5.41) is 0. The lowest BCUT2D eigenvalue weighted by Gasteiger charge is -2.10. The highest BCUT2D eigenvalue weighted by atomic mass is 79.9. The number of imidazole rings is 1. The van der Waals surface area contributed by atoms with Gasteiger partial charge in [-0.2, -0.15) is 0 Å². The zero-order valence-corrected chi connectivity index (χ0v) is 9.89. The van der Waals surface area contributed by atoms with E-state index in [2.05, 4.69) is 32.8 Å². The average molecular weight is 270 g/mol. The Morgan fingerprint density at radius 2 is 2.00 bits per heavy atom. The Balaban J connectivity index is 2.66. The van der Waals surface area contributed by atoms with Crippen LogP contribution in [0.2, 0.25) is 0 Å². The third kappa shape index (κ3) is 1.85. The zero-order chi connectivity index (χ0) is 11.0. The molecule has 0 aliphatic heterocycles. The number of fused-ring (bicyclic) bond motifs is 1. The van der Waals surface area contributed by atoms with Crippen LogP contribution in [0.1, 0.15) is 18.4 Å². The van der Waals surface area contributed by atoms with Gasteiger partial charge in [-0.05, 0) is 30.2 Å². The van der Waals surface area contributed by atoms with E-state index >= 15 is 0 Å². The lowest BCUT2D eigenvalue weighted by molar-refractivity contribution is 0.771. The maximum absolute atomic E-state index is 11.1. The Hall–Kier alpha value is -1.07. The molecule has 0 saturated heterocycles. The summed E-state index contributed by atoms with van der Waals surface area (Å²) in [7, 11) is 0. The topological polar surface area (TPSA) is 74.7 Å². The SMILES string of the molecule is CC(CN)c1cc2[nH]c(=O)[nH]c2cc1Br. The summed E-state index contributed by atoms with van der Waals surface area (Å²) >= 11 is 3.48. The van der Waals surface area contributed by atoms with Gasteiger partial charge in [0.1, 0.15) is 0 Å². The minimum atomic E-state index is -0.186. The van der Waals surface area contributed by atoms with Crippen molar-refractivity contribution in [3.63, 3.8) is 0 Å². The van der Waals surface area contributed by atoms with Gasteiger partial charge in [0.15, 0.2) is 0 Å². The molecule has 4 nitrogen and oxygen atoms in total. The summed E-state index contributed by atoms with van der Waals surface area (Å²) < 4.78 is 0.975. The minimum Gasteiger partial charge on any atom is -0.330 e. The smallest absolute Gasteiger partial charge is 0.323 e. The second-order valence-corrected chi connectivity index (χ2v) is 4.49. The molecule has 4 N–H and O–H groups in total. The monoisotopic (exact) mass is 269 g/mol. The molecule has 0 saturated carbocycles. The van der Waals surface area contributed by atoms with Crippen molar-refractivity contribution >= 4 is 27.0 Å². The average Bonchev–Trinajstić information content (AvgIpc) is 2.55. The maximum Gasteiger partial charge on any atom is 0.323 e. The molecule has 15 heavy (non-hydrogen) atoms. The fourth-order valence-electron chi connectivity index (χ4n) is 1.58. The number of nitrogens with one attached hydrogen (secondary N) is 2. The molecule has 1 aromatic carbocycles. The highest BCUT2D eigenvalue weighted by Gasteiger charge is 2.10. The van der Waals surface area contributed by atoms with Gasteiger partial charge < -0.3 is 15.7 Å². The fourth-order valence-corrected chi connectivity index (χ4v) is 2.31. The van der Waals surface area contributed by atoms with Crippen molar-refractivity contribution in [2.75, 3.05) is 6.54 Å². The van der Waals surface area contributed by atoms with Crippen LogP contribution in [0, 0.1) is 0 Å². The molecule has 1 atom stereocenters. The van der Waals surface area contributed by atoms with Crippen molar-refractivity contribution in [1.82, 2.24) is 9.97 Å². The minimum absolute atomic E-state index is 0.186. The number of rotatable bonds is 2. The lowest BCUT2D eigenvalue weighted by atomic mass is 10.0. The Kier molecular flexibility index (Phi) is 2.67. The Bertz CT molecular complexity index is 543. The third-order valence-corrected chi connectivity index (χ3v) is 3.20. The van der Waals surface area contributed by atoms with Crippen LogP contribution in [0.5, 0.6) is 0 Å². The predicted octanol–water partition coefficient (Wildman–Crippen LogP) is 1.68. The van der Waals surface area contributed by atoms with Crippen LogP contribution in [0.3, 0.4) is 0 Å². The third-order valence-electron chi connectivity index (χ3n) is 2.52. The van der Waals surface area contributed by atoms with Gasteiger partial charge in [-0.3, -0.25) is 0 Å². The lowest BCUT2D eigenvalue weighted by Crippen LogP contribution is -2.09. The molecule has 80 valence electrons. The number of aromatic nitrogens is 2. The Labute approximate surface area is 95.0 Å². The molecular weight excluding hydrogens is 258 g/mol. The first-order valence-corrected chi connectivity index (χ1v) is 5.52. The van der Waals surface area contributed by atoms with Crippen molar-refractivity contribution in [1.29, 1.82) is 0 Å². The molecule has 0 spiro atoms. The molecule has 0 radical (unpaired) electrons. The van der Waals surface area contributed by atoms with E-state index in [1.165, 1.54) is 0 Å². The molecular formula is C10H12BrN3O. The molecule has 0 fully saturated rings. The standard InChI is InChI=1S/C10H12BrN3O/c1-5(4-12)6-2-8-9(3-7(6)11)14-10(15)13-8/h2-3,5H,4,12H2,1H3,(H2,13,14,15). The molecule has 0 aliphatic rings. The Morgan fingerprint density at radius 1 is 1.40 bits per heavy atom. The second-order valence-electron chi connectivity index (χ2n) is 3.64. The molecule has 1 aromatic heterocycles. The van der Waals surface area contributed by atoms with Gasteiger partial charge in [-0.1, -0.05) is 22.9 Å². The van der Waals surface area contributed by atoms with Crippen molar-refractivity contribution in [2.45, 2.75) is 12.8 Å². The number of H-pyrrole nitrogens is 2. The zero-order valence-electron chi connectivity index (χ0n) is 8.30. The number of hydrogen-bond acceptors (Lipinski definition) is 2. The molecule has 0 aliphatic carbocycles. The molecule has 5 heteroatoms. The van der Waals surface area contributed by atoms with Crippen LogP contribution < -0.4 is 11.4 Å². The summed E-state index contributed by atoms with van der Waals surface area (Å²) in [4.78, 5) is 16.5. The predicted molar refractivity (Wildman–Crippen MR) is 64.1 cm³/mol. The van der Waals surface area contributed by atoms with Crippen molar-refractivity contribution in [3.05, 3.63) is 32.7 Å². The molecule has 0 bridgehead atoms. The van der Waals surface area contributed by atoms with E-state index in [0.29, 0.717) is 6.54 Å². The van der Waals surface area contributed by atoms with Gasteiger partial charge in [0, 0.05) is 4.47 Å². The summed E-state index contributed by atoms with van der Waals surface area (Å²) in [6.45, 7) is 2.63. The molecule has 0 amide bonds. The first kappa shape index (κ1) is 10.4. The summed E-state index contributed by atoms with van der Waals surface area (Å²) in [6.07, 6.45) is 0. The van der Waals surface area contributed by atoms with Crippen molar-refractivity contribution in [3.8, 4) is 0 Å². The van der Waals surface area contributed by atoms with E-state index in [9.17, 15) is 4.79 Å². The maximum atomic E-state index is 11.1. The van der Waals surface area contributed by atoms with Crippen LogP contribution in [0.15, 0.2) is 21.4 Å². The van der Waals surface area contributed by atoms with Crippen LogP contribution in [-0.4, -0.2) is 16.5 Å². The first-order chi connectivity index (χ1) is 7.11. The summed E-state index contributed by atoms with van der Waals surface area (Å²) in [6, 6.07) is 3.85. The first-order valence-electron chi connectivity index (χ1n) is 4.73. The molecule has 2 aromatic rings. The Morgan fingerprint density at radius 3 is 2.60 bits per heavy atom. The van der Waals surface area contributed by atoms with Gasteiger partial charge in [0.25, 0.3) is 0 Å². The van der Waals surface area contributed by atoms with E-state index in [0.717, 1.165) is 21.1 Å². The molecule has 1 unspecified atom stereocenters. The van der Waals surface area contributed by atoms with Gasteiger partial charge in [0.05, 0.1) is 11.0 Å². The van der Waals surface area contributed by atoms with Gasteiger partial charge in [-0.25, -0.2) is 4.79 Å².